The molecule has 1 unspecified atom stereocenters. The molecule has 1 aliphatic carbocycles. The summed E-state index contributed by atoms with van der Waals surface area (Å²) in [4.78, 5) is 26.5. The lowest BCUT2D eigenvalue weighted by molar-refractivity contribution is -0.137. The standard InChI is InChI=1S/C24H35F3N4O3/c25-24(26,27)19-10-8-18(9-11-19)21(31-13-15-34-16-14-31)17-29-22(32)7-4-12-28-23(33)30-20-5-2-1-3-6-20/h8-11,20-21H,1-7,12-17H2,(H,29,32)(H2,28,30,33). The first kappa shape index (κ1) is 26.3. The van der Waals surface area contributed by atoms with Crippen LogP contribution in [0.5, 0.6) is 0 Å². The molecule has 10 heteroatoms. The Morgan fingerprint density at radius 3 is 2.35 bits per heavy atom. The van der Waals surface area contributed by atoms with Crippen LogP contribution in [0.15, 0.2) is 24.3 Å². The molecule has 0 radical (unpaired) electrons. The number of carbonyl (C=O) groups is 2. The van der Waals surface area contributed by atoms with Crippen molar-refractivity contribution in [3.8, 4) is 0 Å². The van der Waals surface area contributed by atoms with Crippen LogP contribution >= 0.6 is 0 Å². The van der Waals surface area contributed by atoms with Gasteiger partial charge in [0.25, 0.3) is 0 Å². The molecule has 0 bridgehead atoms. The predicted molar refractivity (Wildman–Crippen MR) is 122 cm³/mol. The Hall–Kier alpha value is -2.33. The second kappa shape index (κ2) is 12.9. The molecule has 1 atom stereocenters. The van der Waals surface area contributed by atoms with Crippen molar-refractivity contribution in [1.82, 2.24) is 20.9 Å². The predicted octanol–water partition coefficient (Wildman–Crippen LogP) is 3.61. The average molecular weight is 485 g/mol. The summed E-state index contributed by atoms with van der Waals surface area (Å²) in [6.45, 7) is 3.06. The van der Waals surface area contributed by atoms with Crippen LogP contribution in [0.1, 0.15) is 62.1 Å². The fourth-order valence-electron chi connectivity index (χ4n) is 4.47. The zero-order valence-corrected chi connectivity index (χ0v) is 19.5. The van der Waals surface area contributed by atoms with Gasteiger partial charge >= 0.3 is 12.2 Å². The minimum atomic E-state index is -4.39. The van der Waals surface area contributed by atoms with Gasteiger partial charge in [-0.1, -0.05) is 31.4 Å². The second-order valence-electron chi connectivity index (χ2n) is 8.93. The van der Waals surface area contributed by atoms with E-state index < -0.39 is 11.7 Å². The van der Waals surface area contributed by atoms with Crippen LogP contribution in [0, 0.1) is 0 Å². The summed E-state index contributed by atoms with van der Waals surface area (Å²) < 4.78 is 44.2. The van der Waals surface area contributed by atoms with E-state index in [0.29, 0.717) is 45.8 Å². The molecule has 1 heterocycles. The smallest absolute Gasteiger partial charge is 0.379 e. The molecule has 1 aliphatic heterocycles. The van der Waals surface area contributed by atoms with Crippen molar-refractivity contribution >= 4 is 11.9 Å². The zero-order valence-electron chi connectivity index (χ0n) is 19.5. The number of hydrogen-bond acceptors (Lipinski definition) is 4. The molecule has 2 fully saturated rings. The van der Waals surface area contributed by atoms with E-state index in [1.165, 1.54) is 18.6 Å². The Balaban J connectivity index is 1.43. The van der Waals surface area contributed by atoms with Crippen molar-refractivity contribution in [1.29, 1.82) is 0 Å². The summed E-state index contributed by atoms with van der Waals surface area (Å²) in [5.41, 5.74) is 0.0253. The number of hydrogen-bond donors (Lipinski definition) is 3. The lowest BCUT2D eigenvalue weighted by atomic mass is 9.96. The highest BCUT2D eigenvalue weighted by atomic mass is 19.4. The molecule has 190 valence electrons. The molecule has 1 saturated carbocycles. The van der Waals surface area contributed by atoms with Crippen molar-refractivity contribution in [2.45, 2.75) is 63.2 Å². The molecule has 2 aliphatic rings. The third-order valence-electron chi connectivity index (χ3n) is 6.41. The number of halogens is 3. The molecule has 34 heavy (non-hydrogen) atoms. The Morgan fingerprint density at radius 2 is 1.71 bits per heavy atom. The van der Waals surface area contributed by atoms with E-state index in [1.54, 1.807) is 0 Å². The van der Waals surface area contributed by atoms with Crippen LogP contribution in [0.3, 0.4) is 0 Å². The number of alkyl halides is 3. The van der Waals surface area contributed by atoms with Gasteiger partial charge in [0.05, 0.1) is 24.8 Å². The first-order valence-electron chi connectivity index (χ1n) is 12.1. The minimum absolute atomic E-state index is 0.153. The molecule has 0 aromatic heterocycles. The fraction of sp³-hybridized carbons (Fsp3) is 0.667. The average Bonchev–Trinajstić information content (AvgIpc) is 2.83. The quantitative estimate of drug-likeness (QED) is 0.468. The SMILES string of the molecule is O=C(CCCNC(=O)NC1CCCCC1)NCC(c1ccc(C(F)(F)F)cc1)N1CCOCC1. The van der Waals surface area contributed by atoms with Gasteiger partial charge < -0.3 is 20.7 Å². The van der Waals surface area contributed by atoms with Crippen molar-refractivity contribution in [2.75, 3.05) is 39.4 Å². The second-order valence-corrected chi connectivity index (χ2v) is 8.93. The van der Waals surface area contributed by atoms with Gasteiger partial charge in [-0.2, -0.15) is 13.2 Å². The number of urea groups is 1. The maximum Gasteiger partial charge on any atom is 0.416 e. The van der Waals surface area contributed by atoms with Crippen LogP contribution in [0.25, 0.3) is 0 Å². The molecular formula is C24H35F3N4O3. The van der Waals surface area contributed by atoms with Gasteiger partial charge in [-0.25, -0.2) is 4.79 Å². The summed E-state index contributed by atoms with van der Waals surface area (Å²) in [5, 5.41) is 8.68. The van der Waals surface area contributed by atoms with Gasteiger partial charge in [0.2, 0.25) is 5.91 Å². The summed E-state index contributed by atoms with van der Waals surface area (Å²) in [6, 6.07) is 4.91. The normalized spacial score (nSPS) is 18.8. The van der Waals surface area contributed by atoms with Crippen molar-refractivity contribution in [3.63, 3.8) is 0 Å². The molecule has 1 aromatic rings. The van der Waals surface area contributed by atoms with Gasteiger partial charge in [0, 0.05) is 38.6 Å². The molecule has 1 aromatic carbocycles. The number of amides is 3. The molecule has 0 spiro atoms. The molecule has 7 nitrogen and oxygen atoms in total. The molecule has 3 rings (SSSR count). The highest BCUT2D eigenvalue weighted by molar-refractivity contribution is 5.76. The van der Waals surface area contributed by atoms with E-state index in [0.717, 1.165) is 43.4 Å². The number of benzene rings is 1. The van der Waals surface area contributed by atoms with Gasteiger partial charge in [-0.05, 0) is 37.0 Å². The third-order valence-corrected chi connectivity index (χ3v) is 6.41. The Bertz CT molecular complexity index is 777. The van der Waals surface area contributed by atoms with Crippen LogP contribution in [-0.2, 0) is 15.7 Å². The fourth-order valence-corrected chi connectivity index (χ4v) is 4.47. The highest BCUT2D eigenvalue weighted by Crippen LogP contribution is 2.31. The summed E-state index contributed by atoms with van der Waals surface area (Å²) in [5.74, 6) is -0.153. The molecular weight excluding hydrogens is 449 g/mol. The number of ether oxygens (including phenoxy) is 1. The number of nitrogens with zero attached hydrogens (tertiary/aromatic N) is 1. The first-order valence-corrected chi connectivity index (χ1v) is 12.1. The Labute approximate surface area is 198 Å². The van der Waals surface area contributed by atoms with Gasteiger partial charge in [0.15, 0.2) is 0 Å². The van der Waals surface area contributed by atoms with Crippen LogP contribution in [0.2, 0.25) is 0 Å². The number of carbonyl (C=O) groups excluding carboxylic acids is 2. The number of rotatable bonds is 9. The van der Waals surface area contributed by atoms with Crippen LogP contribution < -0.4 is 16.0 Å². The highest BCUT2D eigenvalue weighted by Gasteiger charge is 2.31. The van der Waals surface area contributed by atoms with Crippen molar-refractivity contribution in [2.24, 2.45) is 0 Å². The maximum absolute atomic E-state index is 12.9. The van der Waals surface area contributed by atoms with E-state index in [-0.39, 0.29) is 30.4 Å². The molecule has 3 N–H and O–H groups in total. The van der Waals surface area contributed by atoms with E-state index >= 15 is 0 Å². The monoisotopic (exact) mass is 484 g/mol. The zero-order chi connectivity index (χ0) is 24.4. The lowest BCUT2D eigenvalue weighted by Gasteiger charge is -2.35. The van der Waals surface area contributed by atoms with E-state index in [2.05, 4.69) is 20.9 Å². The largest absolute Gasteiger partial charge is 0.416 e. The molecule has 1 saturated heterocycles. The lowest BCUT2D eigenvalue weighted by Crippen LogP contribution is -2.44. The topological polar surface area (TPSA) is 82.7 Å². The third kappa shape index (κ3) is 8.47. The maximum atomic E-state index is 12.9. The van der Waals surface area contributed by atoms with Gasteiger partial charge in [-0.15, -0.1) is 0 Å². The summed E-state index contributed by atoms with van der Waals surface area (Å²) >= 11 is 0. The summed E-state index contributed by atoms with van der Waals surface area (Å²) in [6.07, 6.45) is 1.91. The first-order chi connectivity index (χ1) is 16.3. The molecule has 3 amide bonds. The summed E-state index contributed by atoms with van der Waals surface area (Å²) in [7, 11) is 0. The van der Waals surface area contributed by atoms with Crippen molar-refractivity contribution < 1.29 is 27.5 Å². The van der Waals surface area contributed by atoms with Crippen molar-refractivity contribution in [3.05, 3.63) is 35.4 Å². The van der Waals surface area contributed by atoms with Crippen LogP contribution in [0.4, 0.5) is 18.0 Å². The number of morpholine rings is 1. The van der Waals surface area contributed by atoms with Gasteiger partial charge in [-0.3, -0.25) is 9.69 Å². The Kier molecular flexibility index (Phi) is 10.0. The minimum Gasteiger partial charge on any atom is -0.379 e. The van der Waals surface area contributed by atoms with E-state index in [4.69, 9.17) is 4.74 Å². The number of nitrogens with one attached hydrogen (secondary N) is 3. The van der Waals surface area contributed by atoms with Gasteiger partial charge in [0.1, 0.15) is 0 Å². The Morgan fingerprint density at radius 1 is 1.03 bits per heavy atom. The van der Waals surface area contributed by atoms with Crippen LogP contribution in [-0.4, -0.2) is 62.3 Å². The van der Waals surface area contributed by atoms with E-state index in [1.807, 2.05) is 0 Å². The van der Waals surface area contributed by atoms with E-state index in [9.17, 15) is 22.8 Å².